The maximum absolute atomic E-state index is 13.3. The smallest absolute Gasteiger partial charge is 0.335 e. The van der Waals surface area contributed by atoms with Crippen LogP contribution in [0.25, 0.3) is 6.08 Å². The minimum Gasteiger partial charge on any atom is -0.489 e. The number of amides is 4. The van der Waals surface area contributed by atoms with Crippen LogP contribution in [0.15, 0.2) is 101 Å². The zero-order valence-electron chi connectivity index (χ0n) is 21.3. The Hall–Kier alpha value is -4.11. The third-order valence-corrected chi connectivity index (χ3v) is 7.17. The summed E-state index contributed by atoms with van der Waals surface area (Å²) in [5.74, 6) is -0.574. The number of carbonyl (C=O) groups is 3. The average molecular weight is 652 g/mol. The predicted octanol–water partition coefficient (Wildman–Crippen LogP) is 7.58. The Morgan fingerprint density at radius 1 is 0.780 bits per heavy atom. The van der Waals surface area contributed by atoms with Crippen LogP contribution in [0.2, 0.25) is 10.0 Å². The molecule has 0 saturated carbocycles. The number of nitrogens with zero attached hydrogens (tertiary/aromatic N) is 1. The first kappa shape index (κ1) is 28.4. The van der Waals surface area contributed by atoms with Crippen LogP contribution in [-0.2, 0) is 22.8 Å². The minimum atomic E-state index is -0.846. The number of rotatable bonds is 8. The van der Waals surface area contributed by atoms with E-state index in [-0.39, 0.29) is 11.3 Å². The van der Waals surface area contributed by atoms with Gasteiger partial charge in [-0.15, -0.1) is 0 Å². The van der Waals surface area contributed by atoms with Gasteiger partial charge in [-0.3, -0.25) is 14.9 Å². The molecule has 41 heavy (non-hydrogen) atoms. The summed E-state index contributed by atoms with van der Waals surface area (Å²) < 4.78 is 12.6. The number of urea groups is 1. The lowest BCUT2D eigenvalue weighted by Gasteiger charge is -2.26. The minimum absolute atomic E-state index is 0.215. The van der Waals surface area contributed by atoms with Crippen LogP contribution in [0.3, 0.4) is 0 Å². The molecule has 4 amide bonds. The number of barbiturate groups is 1. The van der Waals surface area contributed by atoms with Crippen LogP contribution in [0.4, 0.5) is 10.5 Å². The van der Waals surface area contributed by atoms with Gasteiger partial charge in [-0.25, -0.2) is 9.69 Å². The Bertz CT molecular complexity index is 1640. The lowest BCUT2D eigenvalue weighted by Crippen LogP contribution is -2.54. The molecule has 4 aromatic rings. The van der Waals surface area contributed by atoms with Gasteiger partial charge < -0.3 is 9.47 Å². The second-order valence-corrected chi connectivity index (χ2v) is 10.7. The molecule has 0 aliphatic carbocycles. The lowest BCUT2D eigenvalue weighted by molar-refractivity contribution is -0.122. The number of halogens is 3. The van der Waals surface area contributed by atoms with Gasteiger partial charge in [0.05, 0.1) is 10.7 Å². The Morgan fingerprint density at radius 2 is 1.41 bits per heavy atom. The Kier molecular flexibility index (Phi) is 8.73. The van der Waals surface area contributed by atoms with Gasteiger partial charge in [0.15, 0.2) is 0 Å². The molecule has 0 unspecified atom stereocenters. The van der Waals surface area contributed by atoms with E-state index in [0.29, 0.717) is 40.3 Å². The quantitative estimate of drug-likeness (QED) is 0.157. The van der Waals surface area contributed by atoms with Gasteiger partial charge in [-0.1, -0.05) is 69.5 Å². The van der Waals surface area contributed by atoms with E-state index in [2.05, 4.69) is 21.2 Å². The number of imide groups is 2. The highest BCUT2D eigenvalue weighted by Crippen LogP contribution is 2.29. The van der Waals surface area contributed by atoms with Crippen LogP contribution >= 0.6 is 39.1 Å². The van der Waals surface area contributed by atoms with Crippen molar-refractivity contribution < 1.29 is 23.9 Å². The first-order valence-electron chi connectivity index (χ1n) is 12.3. The molecule has 1 aliphatic rings. The molecule has 1 saturated heterocycles. The summed E-state index contributed by atoms with van der Waals surface area (Å²) in [6, 6.07) is 25.4. The van der Waals surface area contributed by atoms with Crippen molar-refractivity contribution in [1.29, 1.82) is 0 Å². The molecule has 0 bridgehead atoms. The van der Waals surface area contributed by atoms with E-state index in [0.717, 1.165) is 20.5 Å². The van der Waals surface area contributed by atoms with Gasteiger partial charge in [0.25, 0.3) is 11.8 Å². The van der Waals surface area contributed by atoms with Gasteiger partial charge in [0.1, 0.15) is 30.3 Å². The van der Waals surface area contributed by atoms with Gasteiger partial charge in [0, 0.05) is 9.50 Å². The number of nitrogens with one attached hydrogen (secondary N) is 1. The summed E-state index contributed by atoms with van der Waals surface area (Å²) in [5.41, 5.74) is 2.45. The van der Waals surface area contributed by atoms with Crippen LogP contribution in [0, 0.1) is 0 Å². The first-order valence-corrected chi connectivity index (χ1v) is 13.9. The highest BCUT2D eigenvalue weighted by molar-refractivity contribution is 9.10. The largest absolute Gasteiger partial charge is 0.489 e. The fourth-order valence-corrected chi connectivity index (χ4v) is 4.60. The monoisotopic (exact) mass is 650 g/mol. The van der Waals surface area contributed by atoms with E-state index in [9.17, 15) is 14.4 Å². The molecule has 4 aromatic carbocycles. The topological polar surface area (TPSA) is 84.9 Å². The van der Waals surface area contributed by atoms with Crippen molar-refractivity contribution >= 4 is 68.7 Å². The molecule has 1 fully saturated rings. The molecule has 1 N–H and O–H groups in total. The predicted molar refractivity (Wildman–Crippen MR) is 161 cm³/mol. The Balaban J connectivity index is 1.28. The van der Waals surface area contributed by atoms with Crippen molar-refractivity contribution in [3.63, 3.8) is 0 Å². The molecule has 0 atom stereocenters. The van der Waals surface area contributed by atoms with E-state index in [1.54, 1.807) is 54.6 Å². The second-order valence-electron chi connectivity index (χ2n) is 8.97. The standard InChI is InChI=1S/C31H21BrCl2N2O5/c32-22-6-1-19(2-7-22)18-41-28-14-5-21(16-27(28)34)15-26-29(37)35-31(39)36(30(26)38)24-10-12-25(13-11-24)40-17-20-3-8-23(33)9-4-20/h1-16H,17-18H2,(H,35,37,39)/b26-15+. The fraction of sp³-hybridized carbons (Fsp3) is 0.0645. The van der Waals surface area contributed by atoms with E-state index >= 15 is 0 Å². The first-order chi connectivity index (χ1) is 19.8. The summed E-state index contributed by atoms with van der Waals surface area (Å²) in [6.07, 6.45) is 1.38. The highest BCUT2D eigenvalue weighted by atomic mass is 79.9. The highest BCUT2D eigenvalue weighted by Gasteiger charge is 2.36. The van der Waals surface area contributed by atoms with Crippen molar-refractivity contribution in [3.05, 3.63) is 128 Å². The molecule has 206 valence electrons. The molecule has 1 heterocycles. The van der Waals surface area contributed by atoms with Crippen LogP contribution < -0.4 is 19.7 Å². The number of ether oxygens (including phenoxy) is 2. The third-order valence-electron chi connectivity index (χ3n) is 6.09. The number of benzene rings is 4. The lowest BCUT2D eigenvalue weighted by atomic mass is 10.1. The molecule has 7 nitrogen and oxygen atoms in total. The van der Waals surface area contributed by atoms with Gasteiger partial charge >= 0.3 is 6.03 Å². The molecular weight excluding hydrogens is 631 g/mol. The van der Waals surface area contributed by atoms with Gasteiger partial charge in [-0.2, -0.15) is 0 Å². The Morgan fingerprint density at radius 3 is 2.07 bits per heavy atom. The second kappa shape index (κ2) is 12.6. The molecule has 0 spiro atoms. The zero-order chi connectivity index (χ0) is 28.9. The molecule has 10 heteroatoms. The summed E-state index contributed by atoms with van der Waals surface area (Å²) in [5, 5.41) is 3.16. The maximum atomic E-state index is 13.3. The molecular formula is C31H21BrCl2N2O5. The van der Waals surface area contributed by atoms with E-state index in [4.69, 9.17) is 32.7 Å². The van der Waals surface area contributed by atoms with Crippen molar-refractivity contribution in [2.45, 2.75) is 13.2 Å². The fourth-order valence-electron chi connectivity index (χ4n) is 3.96. The van der Waals surface area contributed by atoms with Crippen molar-refractivity contribution in [2.24, 2.45) is 0 Å². The van der Waals surface area contributed by atoms with Crippen molar-refractivity contribution in [3.8, 4) is 11.5 Å². The van der Waals surface area contributed by atoms with Crippen LogP contribution in [0.5, 0.6) is 11.5 Å². The summed E-state index contributed by atoms with van der Waals surface area (Å²) in [7, 11) is 0. The van der Waals surface area contributed by atoms with E-state index < -0.39 is 17.8 Å². The van der Waals surface area contributed by atoms with Gasteiger partial charge in [-0.05, 0) is 83.4 Å². The summed E-state index contributed by atoms with van der Waals surface area (Å²) >= 11 is 15.7. The van der Waals surface area contributed by atoms with E-state index in [1.807, 2.05) is 36.4 Å². The zero-order valence-corrected chi connectivity index (χ0v) is 24.4. The third kappa shape index (κ3) is 6.97. The number of hydrogen-bond acceptors (Lipinski definition) is 5. The number of hydrogen-bond donors (Lipinski definition) is 1. The van der Waals surface area contributed by atoms with Crippen molar-refractivity contribution in [1.82, 2.24) is 5.32 Å². The summed E-state index contributed by atoms with van der Waals surface area (Å²) in [4.78, 5) is 39.4. The van der Waals surface area contributed by atoms with Crippen LogP contribution in [0.1, 0.15) is 16.7 Å². The van der Waals surface area contributed by atoms with Gasteiger partial charge in [0.2, 0.25) is 0 Å². The Labute approximate surface area is 254 Å². The van der Waals surface area contributed by atoms with E-state index in [1.165, 1.54) is 6.08 Å². The average Bonchev–Trinajstić information content (AvgIpc) is 2.96. The van der Waals surface area contributed by atoms with Crippen LogP contribution in [-0.4, -0.2) is 17.8 Å². The molecule has 0 aromatic heterocycles. The number of anilines is 1. The summed E-state index contributed by atoms with van der Waals surface area (Å²) in [6.45, 7) is 0.633. The molecule has 0 radical (unpaired) electrons. The maximum Gasteiger partial charge on any atom is 0.335 e. The SMILES string of the molecule is O=C1NC(=O)N(c2ccc(OCc3ccc(Cl)cc3)cc2)C(=O)/C1=C/c1ccc(OCc2ccc(Br)cc2)c(Cl)c1. The normalized spacial score (nSPS) is 14.3. The van der Waals surface area contributed by atoms with Crippen molar-refractivity contribution in [2.75, 3.05) is 4.90 Å². The number of carbonyl (C=O) groups excluding carboxylic acids is 3. The molecule has 5 rings (SSSR count). The molecule has 1 aliphatic heterocycles.